The van der Waals surface area contributed by atoms with Gasteiger partial charge in [0.25, 0.3) is 0 Å². The molecule has 3 aliphatic carbocycles. The van der Waals surface area contributed by atoms with E-state index in [4.69, 9.17) is 9.31 Å². The third kappa shape index (κ3) is 4.59. The van der Waals surface area contributed by atoms with E-state index in [2.05, 4.69) is 39.9 Å². The van der Waals surface area contributed by atoms with Crippen molar-refractivity contribution in [3.63, 3.8) is 0 Å². The predicted molar refractivity (Wildman–Crippen MR) is 132 cm³/mol. The number of rotatable bonds is 9. The molecule has 7 heteroatoms. The molecule has 6 nitrogen and oxygen atoms in total. The van der Waals surface area contributed by atoms with Crippen molar-refractivity contribution in [1.82, 2.24) is 5.32 Å². The van der Waals surface area contributed by atoms with Crippen LogP contribution >= 0.6 is 0 Å². The lowest BCUT2D eigenvalue weighted by molar-refractivity contribution is -0.199. The maximum atomic E-state index is 13.3. The third-order valence-electron chi connectivity index (χ3n) is 8.77. The molecule has 3 saturated carbocycles. The summed E-state index contributed by atoms with van der Waals surface area (Å²) in [5.74, 6) is -0.263. The first kappa shape index (κ1) is 25.4. The summed E-state index contributed by atoms with van der Waals surface area (Å²) in [5, 5.41) is 13.5. The van der Waals surface area contributed by atoms with Crippen LogP contribution in [0.3, 0.4) is 0 Å². The molecule has 0 unspecified atom stereocenters. The number of carbonyl (C=O) groups excluding carboxylic acids is 2. The van der Waals surface area contributed by atoms with Gasteiger partial charge in [-0.05, 0) is 56.3 Å². The number of aliphatic hydroxyl groups excluding tert-OH is 1. The van der Waals surface area contributed by atoms with Crippen LogP contribution in [0.25, 0.3) is 0 Å². The van der Waals surface area contributed by atoms with Crippen LogP contribution in [0.15, 0.2) is 30.3 Å². The van der Waals surface area contributed by atoms with Crippen molar-refractivity contribution in [1.29, 1.82) is 0 Å². The molecule has 1 aromatic carbocycles. The van der Waals surface area contributed by atoms with E-state index in [9.17, 15) is 14.7 Å². The second kappa shape index (κ2) is 9.40. The number of amides is 1. The van der Waals surface area contributed by atoms with Crippen molar-refractivity contribution >= 4 is 18.8 Å². The molecule has 5 rings (SSSR count). The SMILES string of the molecule is CC(C)C[C@H](NC(=O)[C@@H](CC(=O)c1ccccc1)[C@@H](C)O)B1O[C@@H]2C[C@@H]3C[C@@H](C3(C)C)[C@]2(C)O1. The van der Waals surface area contributed by atoms with Gasteiger partial charge in [-0.1, -0.05) is 58.0 Å². The summed E-state index contributed by atoms with van der Waals surface area (Å²) in [7, 11) is -0.532. The maximum absolute atomic E-state index is 13.3. The summed E-state index contributed by atoms with van der Waals surface area (Å²) in [6.07, 6.45) is 1.88. The highest BCUT2D eigenvalue weighted by molar-refractivity contribution is 6.47. The second-order valence-corrected chi connectivity index (χ2v) is 11.9. The normalized spacial score (nSPS) is 31.9. The lowest BCUT2D eigenvalue weighted by atomic mass is 9.43. The number of benzene rings is 1. The number of ketones is 1. The molecule has 1 aliphatic heterocycles. The molecule has 0 aromatic heterocycles. The summed E-state index contributed by atoms with van der Waals surface area (Å²) in [6, 6.07) is 8.90. The van der Waals surface area contributed by atoms with Gasteiger partial charge in [0.05, 0.1) is 29.7 Å². The number of aliphatic hydroxyl groups is 1. The zero-order chi connectivity index (χ0) is 24.8. The summed E-state index contributed by atoms with van der Waals surface area (Å²) in [5.41, 5.74) is 0.437. The van der Waals surface area contributed by atoms with E-state index in [0.29, 0.717) is 29.7 Å². The molecular formula is C27H40BNO5. The topological polar surface area (TPSA) is 84.9 Å². The van der Waals surface area contributed by atoms with Crippen LogP contribution in [0, 0.1) is 29.1 Å². The number of hydrogen-bond donors (Lipinski definition) is 2. The second-order valence-electron chi connectivity index (χ2n) is 11.9. The number of Topliss-reactive ketones (excluding diaryl/α,β-unsaturated/α-hetero) is 1. The Hall–Kier alpha value is -1.70. The van der Waals surface area contributed by atoms with Crippen LogP contribution in [-0.4, -0.2) is 47.7 Å². The van der Waals surface area contributed by atoms with Crippen LogP contribution in [0.2, 0.25) is 0 Å². The van der Waals surface area contributed by atoms with Crippen LogP contribution < -0.4 is 5.32 Å². The molecule has 1 aromatic rings. The number of nitrogens with one attached hydrogen (secondary N) is 1. The monoisotopic (exact) mass is 469 g/mol. The third-order valence-corrected chi connectivity index (χ3v) is 8.77. The Morgan fingerprint density at radius 3 is 2.41 bits per heavy atom. The van der Waals surface area contributed by atoms with E-state index in [1.165, 1.54) is 6.42 Å². The van der Waals surface area contributed by atoms with Gasteiger partial charge < -0.3 is 19.7 Å². The summed E-state index contributed by atoms with van der Waals surface area (Å²) >= 11 is 0. The van der Waals surface area contributed by atoms with Crippen LogP contribution in [0.4, 0.5) is 0 Å². The highest BCUT2D eigenvalue weighted by Crippen LogP contribution is 2.65. The van der Waals surface area contributed by atoms with Crippen LogP contribution in [-0.2, 0) is 14.1 Å². The lowest BCUT2D eigenvalue weighted by Crippen LogP contribution is -2.65. The van der Waals surface area contributed by atoms with Crippen molar-refractivity contribution in [2.45, 2.75) is 91.0 Å². The average Bonchev–Trinajstić information content (AvgIpc) is 3.13. The van der Waals surface area contributed by atoms with E-state index in [-0.39, 0.29) is 41.2 Å². The van der Waals surface area contributed by atoms with Crippen molar-refractivity contribution < 1.29 is 24.0 Å². The molecule has 0 radical (unpaired) electrons. The zero-order valence-corrected chi connectivity index (χ0v) is 21.4. The van der Waals surface area contributed by atoms with E-state index in [1.54, 1.807) is 31.2 Å². The first-order valence-corrected chi connectivity index (χ1v) is 12.8. The Labute approximate surface area is 204 Å². The minimum absolute atomic E-state index is 0.0352. The fourth-order valence-corrected chi connectivity index (χ4v) is 6.53. The molecule has 7 atom stereocenters. The number of carbonyl (C=O) groups is 2. The van der Waals surface area contributed by atoms with Crippen molar-refractivity contribution in [3.05, 3.63) is 35.9 Å². The Balaban J connectivity index is 1.47. The highest BCUT2D eigenvalue weighted by Gasteiger charge is 2.68. The van der Waals surface area contributed by atoms with Gasteiger partial charge in [0.2, 0.25) is 5.91 Å². The summed E-state index contributed by atoms with van der Waals surface area (Å²) in [4.78, 5) is 26.1. The molecule has 1 heterocycles. The molecular weight excluding hydrogens is 429 g/mol. The molecule has 4 aliphatic rings. The van der Waals surface area contributed by atoms with Gasteiger partial charge in [0, 0.05) is 12.0 Å². The molecule has 1 saturated heterocycles. The fraction of sp³-hybridized carbons (Fsp3) is 0.704. The summed E-state index contributed by atoms with van der Waals surface area (Å²) < 4.78 is 13.1. The molecule has 34 heavy (non-hydrogen) atoms. The first-order chi connectivity index (χ1) is 15.9. The minimum atomic E-state index is -0.953. The smallest absolute Gasteiger partial charge is 0.404 e. The largest absolute Gasteiger partial charge is 0.481 e. The lowest BCUT2D eigenvalue weighted by Gasteiger charge is -2.64. The van der Waals surface area contributed by atoms with Gasteiger partial charge in [-0.15, -0.1) is 0 Å². The number of hydrogen-bond acceptors (Lipinski definition) is 5. The van der Waals surface area contributed by atoms with E-state index in [1.807, 2.05) is 6.07 Å². The standard InChI is InChI=1S/C27H40BNO5/c1-16(2)12-24(28-33-23-14-19-13-22(26(19,4)5)27(23,6)34-28)29-25(32)20(17(3)30)15-21(31)18-10-8-7-9-11-18/h7-11,16-17,19-20,22-24,30H,12-15H2,1-6H3,(H,29,32)/t17-,19+,20+,22+,23-,24+,27+/m1/s1. The zero-order valence-electron chi connectivity index (χ0n) is 21.4. The molecule has 4 fully saturated rings. The molecule has 2 N–H and O–H groups in total. The molecule has 2 bridgehead atoms. The van der Waals surface area contributed by atoms with Crippen LogP contribution in [0.1, 0.15) is 77.6 Å². The van der Waals surface area contributed by atoms with E-state index < -0.39 is 19.1 Å². The van der Waals surface area contributed by atoms with Gasteiger partial charge >= 0.3 is 7.12 Å². The van der Waals surface area contributed by atoms with E-state index >= 15 is 0 Å². The average molecular weight is 469 g/mol. The van der Waals surface area contributed by atoms with Crippen molar-refractivity contribution in [2.24, 2.45) is 29.1 Å². The van der Waals surface area contributed by atoms with Gasteiger partial charge in [-0.3, -0.25) is 9.59 Å². The highest BCUT2D eigenvalue weighted by atomic mass is 16.7. The van der Waals surface area contributed by atoms with Gasteiger partial charge in [-0.2, -0.15) is 0 Å². The van der Waals surface area contributed by atoms with Gasteiger partial charge in [-0.25, -0.2) is 0 Å². The Morgan fingerprint density at radius 2 is 1.82 bits per heavy atom. The first-order valence-electron chi connectivity index (χ1n) is 12.8. The minimum Gasteiger partial charge on any atom is -0.404 e. The molecule has 1 amide bonds. The Bertz CT molecular complexity index is 904. The maximum Gasteiger partial charge on any atom is 0.481 e. The molecule has 0 spiro atoms. The fourth-order valence-electron chi connectivity index (χ4n) is 6.53. The molecule has 186 valence electrons. The predicted octanol–water partition coefficient (Wildman–Crippen LogP) is 4.05. The van der Waals surface area contributed by atoms with Crippen molar-refractivity contribution in [3.8, 4) is 0 Å². The van der Waals surface area contributed by atoms with Gasteiger partial charge in [0.15, 0.2) is 5.78 Å². The summed E-state index contributed by atoms with van der Waals surface area (Å²) in [6.45, 7) is 12.6. The van der Waals surface area contributed by atoms with E-state index in [0.717, 1.165) is 6.42 Å². The Morgan fingerprint density at radius 1 is 1.15 bits per heavy atom. The van der Waals surface area contributed by atoms with Crippen molar-refractivity contribution in [2.75, 3.05) is 0 Å². The van der Waals surface area contributed by atoms with Crippen LogP contribution in [0.5, 0.6) is 0 Å². The van der Waals surface area contributed by atoms with Gasteiger partial charge in [0.1, 0.15) is 0 Å². The Kier molecular flexibility index (Phi) is 7.02. The quantitative estimate of drug-likeness (QED) is 0.421.